The molecule has 0 aliphatic carbocycles. The van der Waals surface area contributed by atoms with Gasteiger partial charge in [-0.15, -0.1) is 0 Å². The van der Waals surface area contributed by atoms with Gasteiger partial charge in [-0.1, -0.05) is 44.5 Å². The average molecular weight is 394 g/mol. The molecule has 2 aliphatic rings. The van der Waals surface area contributed by atoms with Crippen LogP contribution in [0.15, 0.2) is 24.3 Å². The molecule has 2 aliphatic heterocycles. The predicted octanol–water partition coefficient (Wildman–Crippen LogP) is 4.58. The van der Waals surface area contributed by atoms with Gasteiger partial charge < -0.3 is 15.5 Å². The lowest BCUT2D eigenvalue weighted by Gasteiger charge is -2.50. The van der Waals surface area contributed by atoms with Crippen molar-refractivity contribution in [2.45, 2.75) is 71.0 Å². The Hall–Kier alpha value is -1.33. The van der Waals surface area contributed by atoms with Crippen LogP contribution in [0.4, 0.5) is 5.69 Å². The van der Waals surface area contributed by atoms with Crippen LogP contribution in [0.2, 0.25) is 5.02 Å². The van der Waals surface area contributed by atoms with Crippen molar-refractivity contribution in [1.29, 1.82) is 0 Å². The fraction of sp³-hybridized carbons (Fsp3) is 0.600. The number of anilines is 1. The maximum Gasteiger partial charge on any atom is 0.225 e. The van der Waals surface area contributed by atoms with Crippen LogP contribution in [-0.4, -0.2) is 34.0 Å². The van der Waals surface area contributed by atoms with Crippen molar-refractivity contribution in [2.75, 3.05) is 5.32 Å². The maximum absolute atomic E-state index is 12.4. The number of benzene rings is 1. The van der Waals surface area contributed by atoms with Crippen LogP contribution in [0.25, 0.3) is 0 Å². The first-order chi connectivity index (χ1) is 12.3. The molecule has 1 aromatic rings. The molecule has 2 N–H and O–H groups in total. The van der Waals surface area contributed by atoms with E-state index >= 15 is 0 Å². The number of rotatable bonds is 2. The Labute approximate surface area is 166 Å². The van der Waals surface area contributed by atoms with E-state index in [0.717, 1.165) is 36.5 Å². The highest BCUT2D eigenvalue weighted by Crippen LogP contribution is 2.35. The predicted molar refractivity (Wildman–Crippen MR) is 112 cm³/mol. The van der Waals surface area contributed by atoms with Gasteiger partial charge in [-0.05, 0) is 56.5 Å². The summed E-state index contributed by atoms with van der Waals surface area (Å²) in [5.41, 5.74) is 0.494. The van der Waals surface area contributed by atoms with Gasteiger partial charge >= 0.3 is 0 Å². The summed E-state index contributed by atoms with van der Waals surface area (Å²) in [7, 11) is 0. The van der Waals surface area contributed by atoms with E-state index in [-0.39, 0.29) is 17.4 Å². The smallest absolute Gasteiger partial charge is 0.225 e. The monoisotopic (exact) mass is 393 g/mol. The molecule has 1 aromatic carbocycles. The van der Waals surface area contributed by atoms with Gasteiger partial charge in [0.1, 0.15) is 0 Å². The van der Waals surface area contributed by atoms with Crippen molar-refractivity contribution < 1.29 is 4.79 Å². The summed E-state index contributed by atoms with van der Waals surface area (Å²) < 4.78 is 0. The molecule has 0 spiro atoms. The van der Waals surface area contributed by atoms with Gasteiger partial charge in [-0.2, -0.15) is 0 Å². The highest BCUT2D eigenvalue weighted by molar-refractivity contribution is 7.80. The molecule has 2 heterocycles. The summed E-state index contributed by atoms with van der Waals surface area (Å²) in [6, 6.07) is 8.64. The van der Waals surface area contributed by atoms with E-state index in [9.17, 15) is 4.79 Å². The van der Waals surface area contributed by atoms with Crippen LogP contribution in [0.1, 0.15) is 52.9 Å². The van der Waals surface area contributed by atoms with Crippen LogP contribution < -0.4 is 10.6 Å². The molecule has 0 saturated carbocycles. The number of carbonyl (C=O) groups excluding carboxylic acids is 1. The van der Waals surface area contributed by atoms with Crippen molar-refractivity contribution in [3.63, 3.8) is 0 Å². The zero-order valence-corrected chi connectivity index (χ0v) is 17.3. The van der Waals surface area contributed by atoms with Crippen LogP contribution in [0, 0.1) is 5.41 Å². The van der Waals surface area contributed by atoms with E-state index < -0.39 is 0 Å². The molecule has 1 amide bonds. The second-order valence-corrected chi connectivity index (χ2v) is 9.24. The van der Waals surface area contributed by atoms with Crippen molar-refractivity contribution in [1.82, 2.24) is 10.2 Å². The highest BCUT2D eigenvalue weighted by atomic mass is 35.5. The van der Waals surface area contributed by atoms with E-state index in [4.69, 9.17) is 23.8 Å². The normalized spacial score (nSPS) is 25.5. The molecule has 26 heavy (non-hydrogen) atoms. The molecule has 3 rings (SSSR count). The Morgan fingerprint density at radius 1 is 1.19 bits per heavy atom. The van der Waals surface area contributed by atoms with Crippen molar-refractivity contribution in [3.05, 3.63) is 29.3 Å². The Bertz CT molecular complexity index is 674. The summed E-state index contributed by atoms with van der Waals surface area (Å²) in [5.74, 6) is 0.130. The van der Waals surface area contributed by atoms with Crippen molar-refractivity contribution >= 4 is 40.5 Å². The molecule has 0 radical (unpaired) electrons. The largest absolute Gasteiger partial charge is 0.353 e. The number of fused-ring (bicyclic) bond motifs is 2. The lowest BCUT2D eigenvalue weighted by atomic mass is 9.81. The van der Waals surface area contributed by atoms with Gasteiger partial charge in [0, 0.05) is 23.5 Å². The van der Waals surface area contributed by atoms with Crippen molar-refractivity contribution in [2.24, 2.45) is 5.41 Å². The Balaban J connectivity index is 1.68. The number of piperidine rings is 2. The maximum atomic E-state index is 12.4. The zero-order chi connectivity index (χ0) is 18.9. The molecule has 6 heteroatoms. The number of hydrogen-bond acceptors (Lipinski definition) is 2. The average Bonchev–Trinajstić information content (AvgIpc) is 2.55. The Kier molecular flexibility index (Phi) is 5.78. The van der Waals surface area contributed by atoms with Crippen LogP contribution in [-0.2, 0) is 4.79 Å². The first-order valence-corrected chi connectivity index (χ1v) is 10.2. The van der Waals surface area contributed by atoms with E-state index in [1.165, 1.54) is 6.42 Å². The number of carbonyl (C=O) groups is 1. The molecule has 2 saturated heterocycles. The van der Waals surface area contributed by atoms with Gasteiger partial charge in [0.25, 0.3) is 0 Å². The van der Waals surface area contributed by atoms with Crippen LogP contribution >= 0.6 is 23.8 Å². The SMILES string of the molecule is CC(C)(C)C(=O)NC1CC2CCCC(C1)N2C(=S)Nc1ccccc1Cl. The number of nitrogens with zero attached hydrogens (tertiary/aromatic N) is 1. The summed E-state index contributed by atoms with van der Waals surface area (Å²) in [5, 5.41) is 8.00. The second-order valence-electron chi connectivity index (χ2n) is 8.45. The fourth-order valence-electron chi connectivity index (χ4n) is 3.98. The molecule has 2 bridgehead atoms. The quantitative estimate of drug-likeness (QED) is 0.721. The van der Waals surface area contributed by atoms with E-state index in [1.807, 2.05) is 45.0 Å². The van der Waals surface area contributed by atoms with Gasteiger partial charge in [0.2, 0.25) is 5.91 Å². The number of thiocarbonyl (C=S) groups is 1. The lowest BCUT2D eigenvalue weighted by Crippen LogP contribution is -2.60. The van der Waals surface area contributed by atoms with Gasteiger partial charge in [-0.3, -0.25) is 4.79 Å². The fourth-order valence-corrected chi connectivity index (χ4v) is 4.57. The van der Waals surface area contributed by atoms with E-state index in [0.29, 0.717) is 17.1 Å². The topological polar surface area (TPSA) is 44.4 Å². The standard InChI is InChI=1S/C20H28ClN3OS/c1-20(2,3)18(25)22-13-11-14-7-6-8-15(12-13)24(14)19(26)23-17-10-5-4-9-16(17)21/h4-5,9-10,13-15H,6-8,11-12H2,1-3H3,(H,22,25)(H,23,26). The molecule has 2 atom stereocenters. The molecule has 2 unspecified atom stereocenters. The summed E-state index contributed by atoms with van der Waals surface area (Å²) in [6.45, 7) is 5.88. The minimum atomic E-state index is -0.354. The zero-order valence-electron chi connectivity index (χ0n) is 15.7. The molecular weight excluding hydrogens is 366 g/mol. The van der Waals surface area contributed by atoms with E-state index in [2.05, 4.69) is 15.5 Å². The van der Waals surface area contributed by atoms with Crippen LogP contribution in [0.5, 0.6) is 0 Å². The molecule has 142 valence electrons. The Morgan fingerprint density at radius 2 is 1.81 bits per heavy atom. The molecule has 0 aromatic heterocycles. The summed E-state index contributed by atoms with van der Waals surface area (Å²) in [4.78, 5) is 14.7. The Morgan fingerprint density at radius 3 is 2.38 bits per heavy atom. The summed E-state index contributed by atoms with van der Waals surface area (Å²) in [6.07, 6.45) is 5.34. The molecular formula is C20H28ClN3OS. The molecule has 2 fully saturated rings. The van der Waals surface area contributed by atoms with Gasteiger partial charge in [0.15, 0.2) is 5.11 Å². The van der Waals surface area contributed by atoms with Crippen molar-refractivity contribution in [3.8, 4) is 0 Å². The minimum Gasteiger partial charge on any atom is -0.353 e. The molecule has 4 nitrogen and oxygen atoms in total. The number of amides is 1. The number of hydrogen-bond donors (Lipinski definition) is 2. The highest BCUT2D eigenvalue weighted by Gasteiger charge is 2.40. The third-order valence-corrected chi connectivity index (χ3v) is 5.98. The van der Waals surface area contributed by atoms with Gasteiger partial charge in [0.05, 0.1) is 10.7 Å². The van der Waals surface area contributed by atoms with E-state index in [1.54, 1.807) is 0 Å². The minimum absolute atomic E-state index is 0.130. The van der Waals surface area contributed by atoms with Gasteiger partial charge in [-0.25, -0.2) is 0 Å². The lowest BCUT2D eigenvalue weighted by molar-refractivity contribution is -0.129. The third-order valence-electron chi connectivity index (χ3n) is 5.34. The summed E-state index contributed by atoms with van der Waals surface area (Å²) >= 11 is 12.0. The number of nitrogens with one attached hydrogen (secondary N) is 2. The first kappa shape index (κ1) is 19.4. The van der Waals surface area contributed by atoms with Crippen LogP contribution in [0.3, 0.4) is 0 Å². The first-order valence-electron chi connectivity index (χ1n) is 9.40. The number of halogens is 1. The number of para-hydroxylation sites is 1. The second kappa shape index (κ2) is 7.73. The third kappa shape index (κ3) is 4.32.